The first-order valence-corrected chi connectivity index (χ1v) is 6.78. The van der Waals surface area contributed by atoms with Gasteiger partial charge in [0.2, 0.25) is 11.7 Å². The van der Waals surface area contributed by atoms with Crippen molar-refractivity contribution in [3.8, 4) is 0 Å². The molecule has 1 aliphatic rings. The van der Waals surface area contributed by atoms with Crippen molar-refractivity contribution in [2.75, 3.05) is 7.11 Å². The van der Waals surface area contributed by atoms with Crippen molar-refractivity contribution >= 4 is 0 Å². The highest BCUT2D eigenvalue weighted by molar-refractivity contribution is 4.93. The Bertz CT molecular complexity index is 363. The third kappa shape index (κ3) is 3.09. The molecule has 1 heterocycles. The molecule has 1 aromatic heterocycles. The van der Waals surface area contributed by atoms with Crippen molar-refractivity contribution in [1.82, 2.24) is 10.1 Å². The van der Waals surface area contributed by atoms with Gasteiger partial charge in [0.15, 0.2) is 0 Å². The lowest BCUT2D eigenvalue weighted by molar-refractivity contribution is 0.0656. The zero-order valence-corrected chi connectivity index (χ0v) is 11.1. The Morgan fingerprint density at radius 3 is 2.89 bits per heavy atom. The average molecular weight is 254 g/mol. The van der Waals surface area contributed by atoms with Gasteiger partial charge in [0.1, 0.15) is 6.10 Å². The van der Waals surface area contributed by atoms with Crippen LogP contribution in [0.4, 0.5) is 0 Å². The summed E-state index contributed by atoms with van der Waals surface area (Å²) in [7, 11) is 1.65. The highest BCUT2D eigenvalue weighted by Gasteiger charge is 2.26. The quantitative estimate of drug-likeness (QED) is 0.873. The lowest BCUT2D eigenvalue weighted by Gasteiger charge is -2.26. The van der Waals surface area contributed by atoms with Crippen LogP contribution in [0.25, 0.3) is 0 Å². The lowest BCUT2D eigenvalue weighted by Crippen LogP contribution is -2.26. The Hall–Kier alpha value is -0.940. The van der Waals surface area contributed by atoms with Crippen LogP contribution in [0.3, 0.4) is 0 Å². The Morgan fingerprint density at radius 2 is 2.22 bits per heavy atom. The number of aliphatic hydroxyl groups is 1. The second-order valence-corrected chi connectivity index (χ2v) is 4.99. The van der Waals surface area contributed by atoms with Crippen LogP contribution in [0, 0.1) is 5.92 Å². The van der Waals surface area contributed by atoms with Gasteiger partial charge in [-0.25, -0.2) is 0 Å². The molecular weight excluding hydrogens is 232 g/mol. The summed E-state index contributed by atoms with van der Waals surface area (Å²) in [5.74, 6) is 1.49. The fraction of sp³-hybridized carbons (Fsp3) is 0.846. The van der Waals surface area contributed by atoms with Gasteiger partial charge in [-0.3, -0.25) is 0 Å². The Labute approximate surface area is 108 Å². The largest absolute Gasteiger partial charge is 0.393 e. The van der Waals surface area contributed by atoms with E-state index in [2.05, 4.69) is 10.1 Å². The van der Waals surface area contributed by atoms with Gasteiger partial charge in [0, 0.05) is 13.5 Å². The van der Waals surface area contributed by atoms with Crippen LogP contribution in [-0.4, -0.2) is 28.5 Å². The Balaban J connectivity index is 1.97. The number of aliphatic hydroxyl groups excluding tert-OH is 1. The number of ether oxygens (including phenoxy) is 1. The molecule has 0 amide bonds. The summed E-state index contributed by atoms with van der Waals surface area (Å²) in [5, 5.41) is 13.9. The zero-order chi connectivity index (χ0) is 13.0. The third-order valence-electron chi connectivity index (χ3n) is 3.73. The number of hydrogen-bond donors (Lipinski definition) is 1. The Morgan fingerprint density at radius 1 is 1.44 bits per heavy atom. The first-order chi connectivity index (χ1) is 8.74. The van der Waals surface area contributed by atoms with Crippen LogP contribution in [0.1, 0.15) is 56.8 Å². The van der Waals surface area contributed by atoms with E-state index < -0.39 is 0 Å². The van der Waals surface area contributed by atoms with Gasteiger partial charge in [-0.05, 0) is 25.2 Å². The van der Waals surface area contributed by atoms with E-state index in [0.717, 1.165) is 25.7 Å². The van der Waals surface area contributed by atoms with Crippen molar-refractivity contribution < 1.29 is 14.4 Å². The minimum atomic E-state index is -0.224. The number of hydrogen-bond acceptors (Lipinski definition) is 5. The number of methoxy groups -OCH3 is 1. The first-order valence-electron chi connectivity index (χ1n) is 6.78. The van der Waals surface area contributed by atoms with E-state index >= 15 is 0 Å². The van der Waals surface area contributed by atoms with Crippen LogP contribution >= 0.6 is 0 Å². The predicted molar refractivity (Wildman–Crippen MR) is 66.0 cm³/mol. The molecule has 1 N–H and O–H groups in total. The molecular formula is C13H22N2O3. The van der Waals surface area contributed by atoms with E-state index in [1.165, 1.54) is 6.42 Å². The molecule has 102 valence electrons. The second-order valence-electron chi connectivity index (χ2n) is 4.99. The molecule has 0 saturated heterocycles. The van der Waals surface area contributed by atoms with E-state index in [0.29, 0.717) is 18.1 Å². The molecule has 5 nitrogen and oxygen atoms in total. The SMILES string of the molecule is CCC(OC)c1noc(CC2CCCCC2O)n1. The molecule has 3 atom stereocenters. The summed E-state index contributed by atoms with van der Waals surface area (Å²) in [6, 6.07) is 0. The van der Waals surface area contributed by atoms with Gasteiger partial charge >= 0.3 is 0 Å². The summed E-state index contributed by atoms with van der Waals surface area (Å²) in [5.41, 5.74) is 0. The van der Waals surface area contributed by atoms with Crippen molar-refractivity contribution in [3.63, 3.8) is 0 Å². The molecule has 18 heavy (non-hydrogen) atoms. The average Bonchev–Trinajstić information content (AvgIpc) is 2.82. The van der Waals surface area contributed by atoms with Crippen LogP contribution in [0.15, 0.2) is 4.52 Å². The smallest absolute Gasteiger partial charge is 0.227 e. The minimum Gasteiger partial charge on any atom is -0.393 e. The third-order valence-corrected chi connectivity index (χ3v) is 3.73. The standard InChI is InChI=1S/C13H22N2O3/c1-3-11(17-2)13-14-12(18-15-13)8-9-6-4-5-7-10(9)16/h9-11,16H,3-8H2,1-2H3. The molecule has 5 heteroatoms. The van der Waals surface area contributed by atoms with Gasteiger partial charge in [-0.15, -0.1) is 0 Å². The summed E-state index contributed by atoms with van der Waals surface area (Å²) in [6.45, 7) is 2.02. The molecule has 0 aromatic carbocycles. The van der Waals surface area contributed by atoms with Crippen LogP contribution in [0.2, 0.25) is 0 Å². The van der Waals surface area contributed by atoms with Gasteiger partial charge < -0.3 is 14.4 Å². The number of rotatable bonds is 5. The maximum atomic E-state index is 9.92. The maximum absolute atomic E-state index is 9.92. The van der Waals surface area contributed by atoms with Crippen molar-refractivity contribution in [2.24, 2.45) is 5.92 Å². The lowest BCUT2D eigenvalue weighted by atomic mass is 9.84. The number of aromatic nitrogens is 2. The van der Waals surface area contributed by atoms with Crippen LogP contribution < -0.4 is 0 Å². The minimum absolute atomic E-state index is 0.0984. The van der Waals surface area contributed by atoms with Gasteiger partial charge in [0.05, 0.1) is 6.10 Å². The molecule has 1 fully saturated rings. The highest BCUT2D eigenvalue weighted by Crippen LogP contribution is 2.27. The topological polar surface area (TPSA) is 68.4 Å². The molecule has 1 aromatic rings. The van der Waals surface area contributed by atoms with Crippen molar-refractivity contribution in [1.29, 1.82) is 0 Å². The predicted octanol–water partition coefficient (Wildman–Crippen LogP) is 2.26. The van der Waals surface area contributed by atoms with E-state index in [-0.39, 0.29) is 18.1 Å². The molecule has 2 rings (SSSR count). The van der Waals surface area contributed by atoms with Crippen LogP contribution in [0.5, 0.6) is 0 Å². The van der Waals surface area contributed by atoms with Crippen molar-refractivity contribution in [2.45, 2.75) is 57.7 Å². The van der Waals surface area contributed by atoms with Crippen molar-refractivity contribution in [3.05, 3.63) is 11.7 Å². The molecule has 1 saturated carbocycles. The summed E-state index contributed by atoms with van der Waals surface area (Å²) in [6.07, 6.45) is 5.40. The molecule has 0 aliphatic heterocycles. The van der Waals surface area contributed by atoms with Gasteiger partial charge in [-0.2, -0.15) is 4.98 Å². The van der Waals surface area contributed by atoms with E-state index in [1.54, 1.807) is 7.11 Å². The zero-order valence-electron chi connectivity index (χ0n) is 11.1. The van der Waals surface area contributed by atoms with Crippen LogP contribution in [-0.2, 0) is 11.2 Å². The molecule has 0 spiro atoms. The fourth-order valence-electron chi connectivity index (χ4n) is 2.59. The summed E-state index contributed by atoms with van der Waals surface area (Å²) >= 11 is 0. The van der Waals surface area contributed by atoms with Gasteiger partial charge in [-0.1, -0.05) is 24.9 Å². The molecule has 0 radical (unpaired) electrons. The fourth-order valence-corrected chi connectivity index (χ4v) is 2.59. The monoisotopic (exact) mass is 254 g/mol. The molecule has 3 unspecified atom stereocenters. The molecule has 1 aliphatic carbocycles. The van der Waals surface area contributed by atoms with E-state index in [9.17, 15) is 5.11 Å². The number of nitrogens with zero attached hydrogens (tertiary/aromatic N) is 2. The normalized spacial score (nSPS) is 26.2. The second kappa shape index (κ2) is 6.29. The van der Waals surface area contributed by atoms with E-state index in [4.69, 9.17) is 9.26 Å². The Kier molecular flexibility index (Phi) is 4.72. The van der Waals surface area contributed by atoms with E-state index in [1.807, 2.05) is 6.92 Å². The first kappa shape index (κ1) is 13.5. The highest BCUT2D eigenvalue weighted by atomic mass is 16.5. The molecule has 0 bridgehead atoms. The summed E-state index contributed by atoms with van der Waals surface area (Å²) < 4.78 is 10.5. The van der Waals surface area contributed by atoms with Gasteiger partial charge in [0.25, 0.3) is 0 Å². The summed E-state index contributed by atoms with van der Waals surface area (Å²) in [4.78, 5) is 4.37. The maximum Gasteiger partial charge on any atom is 0.227 e.